The molecule has 6 aliphatic rings. The van der Waals surface area contributed by atoms with Crippen LogP contribution in [0.2, 0.25) is 0 Å². The van der Waals surface area contributed by atoms with Crippen molar-refractivity contribution < 1.29 is 88.0 Å². The van der Waals surface area contributed by atoms with Crippen LogP contribution in [0.4, 0.5) is 14.1 Å². The van der Waals surface area contributed by atoms with Gasteiger partial charge in [-0.05, 0) is 0 Å². The van der Waals surface area contributed by atoms with Crippen LogP contribution in [0, 0.1) is 50.3 Å². The van der Waals surface area contributed by atoms with Crippen LogP contribution in [0.5, 0.6) is 0 Å². The first-order valence-corrected chi connectivity index (χ1v) is 53.8. The molecule has 0 aromatic heterocycles. The smallest absolute Gasteiger partial charge is 0.112 e. The first kappa shape index (κ1) is 76.6. The van der Waals surface area contributed by atoms with Gasteiger partial charge in [-0.1, -0.05) is 92.1 Å². The predicted octanol–water partition coefficient (Wildman–Crippen LogP) is 2.08. The summed E-state index contributed by atoms with van der Waals surface area (Å²) in [5.74, 6) is 0. The second-order valence-corrected chi connectivity index (χ2v) is 45.7. The molecule has 6 heterocycles. The van der Waals surface area contributed by atoms with Crippen molar-refractivity contribution in [3.63, 3.8) is 0 Å². The van der Waals surface area contributed by atoms with E-state index in [1.165, 1.54) is 90.0 Å². The Hall–Kier alpha value is 0.367. The molecule has 6 aliphatic heterocycles. The maximum absolute atomic E-state index is 9.91. The molecule has 0 atom stereocenters. The molecule has 29 nitrogen and oxygen atoms in total. The third-order valence-corrected chi connectivity index (χ3v) is 2.89. The molecule has 0 aromatic rings. The van der Waals surface area contributed by atoms with Crippen LogP contribution in [0.25, 0.3) is 5.41 Å². The summed E-state index contributed by atoms with van der Waals surface area (Å²) in [5, 5.41) is 57.6. The van der Waals surface area contributed by atoms with Gasteiger partial charge in [0.1, 0.15) is 0 Å². The predicted molar refractivity (Wildman–Crippen MR) is 208 cm³/mol. The molecule has 380 valence electrons. The second-order valence-electron chi connectivity index (χ2n) is 7.94. The minimum Gasteiger partial charge on any atom is -0.222 e. The fourth-order valence-corrected chi connectivity index (χ4v) is 1.66. The van der Waals surface area contributed by atoms with Gasteiger partial charge in [0.05, 0.1) is 0 Å². The van der Waals surface area contributed by atoms with Crippen LogP contribution >= 0.6 is 81.4 Å². The number of rotatable bonds is 3. The van der Waals surface area contributed by atoms with E-state index in [0.29, 0.717) is 0 Å². The molecule has 0 saturated heterocycles. The molecule has 0 radical (unpaired) electrons. The third kappa shape index (κ3) is 72.0. The summed E-state index contributed by atoms with van der Waals surface area (Å²) >= 11 is 10.1. The average Bonchev–Trinajstić information content (AvgIpc) is 4.03. The fraction of sp³-hybridized carbons (Fsp3) is 0.562. The van der Waals surface area contributed by atoms with Crippen LogP contribution < -0.4 is 56.5 Å². The Bertz CT molecular complexity index is 912. The van der Waals surface area contributed by atoms with Crippen molar-refractivity contribution in [2.75, 3.05) is 0 Å². The summed E-state index contributed by atoms with van der Waals surface area (Å²) in [7, 11) is -4.94. The molecular weight excluding hydrogens is 1930 g/mol. The molecule has 0 spiro atoms. The fourth-order valence-electron chi connectivity index (χ4n) is 1.66. The number of hydrazine groups is 9. The summed E-state index contributed by atoms with van der Waals surface area (Å²) in [6.07, 6.45) is 3.75. The first-order chi connectivity index (χ1) is 28.6. The minimum atomic E-state index is -9.19. The second kappa shape index (κ2) is 54.0. The van der Waals surface area contributed by atoms with Crippen molar-refractivity contribution in [2.24, 2.45) is 62.0 Å². The normalized spacial score (nSPS) is 16.2. The molecule has 0 aliphatic carbocycles. The first-order valence-electron chi connectivity index (χ1n) is 14.4. The van der Waals surface area contributed by atoms with E-state index in [1.54, 1.807) is 0 Å². The molecule has 0 amide bonds. The topological polar surface area (TPSA) is 354 Å². The van der Waals surface area contributed by atoms with Crippen LogP contribution in [0.15, 0.2) is 62.0 Å². The Morgan fingerprint density at radius 3 is 0.597 bits per heavy atom. The molecule has 0 aromatic carbocycles. The van der Waals surface area contributed by atoms with Gasteiger partial charge in [0.15, 0.2) is 0 Å². The Kier molecular flexibility index (Phi) is 66.7. The van der Waals surface area contributed by atoms with Crippen molar-refractivity contribution in [1.82, 2.24) is 63.9 Å². The van der Waals surface area contributed by atoms with E-state index >= 15 is 0 Å². The van der Waals surface area contributed by atoms with Crippen LogP contribution in [0.3, 0.4) is 0 Å². The monoisotopic (exact) mass is 1960 g/mol. The molecule has 0 unspecified atom stereocenters. The van der Waals surface area contributed by atoms with E-state index in [0.717, 1.165) is 0 Å². The standard InChI is InChI=1S/3C3H8.3C2H4N8.CH2N.6BrH.ClHO4.6FH.3Os.Sb/c3*1-3-2;3*1-3-5-7-9(1)10-2-4-6-8-10;1-2;;;;;;;2-1(3,4)5;;;;;;;;;;/h3*3H2,1-2H3;3*1-2H,(H,3,7)(H,4,8);1H2;6*1H;(H,2,3,4,5);6*1H;;;;/q;;;3*-2;-1;;;;;;;;;;;;;;3*+2;+5/p-13. The van der Waals surface area contributed by atoms with Gasteiger partial charge >= 0.3 is 156 Å². The summed E-state index contributed by atoms with van der Waals surface area (Å²) in [5.41, 5.74) is 15.3. The number of nitrogens with one attached hydrogen (secondary N) is 6. The Balaban J connectivity index is -0.000000112. The van der Waals surface area contributed by atoms with Gasteiger partial charge < -0.3 is 40.8 Å². The molecule has 6 rings (SSSR count). The van der Waals surface area contributed by atoms with Gasteiger partial charge in [0.2, 0.25) is 0 Å². The molecule has 6 N–H and O–H groups in total. The molecule has 46 heteroatoms. The van der Waals surface area contributed by atoms with Crippen molar-refractivity contribution in [3.8, 4) is 0 Å². The van der Waals surface area contributed by atoms with Gasteiger partial charge in [-0.25, -0.2) is 58.6 Å². The molecule has 62 heavy (non-hydrogen) atoms. The van der Waals surface area contributed by atoms with Gasteiger partial charge in [-0.3, -0.25) is 30.7 Å². The van der Waals surface area contributed by atoms with Crippen LogP contribution in [-0.4, -0.2) is 57.7 Å². The minimum absolute atomic E-state index is 0. The van der Waals surface area contributed by atoms with Crippen molar-refractivity contribution in [1.29, 1.82) is 0 Å². The van der Waals surface area contributed by atoms with E-state index in [-0.39, 0.29) is 45.1 Å². The Morgan fingerprint density at radius 2 is 0.548 bits per heavy atom. The van der Waals surface area contributed by atoms with Crippen molar-refractivity contribution in [3.05, 3.63) is 45.4 Å². The summed E-state index contributed by atoms with van der Waals surface area (Å²) in [6.45, 7) is 23.8. The SMILES string of the molecule is C=[N-].CCC.CCC.CCC.[Br][Os][Br].[Br][Os][Br].[Br][Os][Br].[CH-]1N=NNN1N1[CH-]N=NN1.[CH-]1N=NNN1N1[CH-]N=NN1.[CH-]1N=NNN1N1[CH-]N=NN1.[F-].[F][Sb]([F])([F])([F])[F].[O-][Cl+3]([O-])([O-])[O-]. The largest absolute Gasteiger partial charge is 0.222 e. The number of hydrogen-bond acceptors (Lipinski definition) is 28. The van der Waals surface area contributed by atoms with Crippen molar-refractivity contribution in [2.45, 2.75) is 60.8 Å². The molecule has 0 fully saturated rings. The average molecular weight is 1970 g/mol. The van der Waals surface area contributed by atoms with Gasteiger partial charge in [0.25, 0.3) is 0 Å². The van der Waals surface area contributed by atoms with Crippen LogP contribution in [-0.2, 0) is 40.4 Å². The van der Waals surface area contributed by atoms with Gasteiger partial charge in [-0.15, -0.1) is 10.2 Å². The molecule has 0 bridgehead atoms. The van der Waals surface area contributed by atoms with Gasteiger partial charge in [0, 0.05) is 0 Å². The number of nitrogens with zero attached hydrogens (tertiary/aromatic N) is 19. The Labute approximate surface area is 423 Å². The van der Waals surface area contributed by atoms with E-state index in [4.69, 9.17) is 24.0 Å². The summed E-state index contributed by atoms with van der Waals surface area (Å²) in [6, 6.07) is 0. The molecular formula is C16H38Br6ClF6N25O4Os3Sb-9. The van der Waals surface area contributed by atoms with E-state index in [9.17, 15) is 14.1 Å². The zero-order valence-electron chi connectivity index (χ0n) is 31.8. The summed E-state index contributed by atoms with van der Waals surface area (Å²) < 4.78 is 83.5. The van der Waals surface area contributed by atoms with Crippen LogP contribution in [0.1, 0.15) is 60.8 Å². The van der Waals surface area contributed by atoms with E-state index in [1.807, 2.05) is 0 Å². The van der Waals surface area contributed by atoms with E-state index < -0.39 is 30.5 Å². The Morgan fingerprint density at radius 1 is 0.468 bits per heavy atom. The number of halogens is 13. The maximum Gasteiger partial charge on any atom is -0.112 e. The maximum atomic E-state index is 9.91. The summed E-state index contributed by atoms with van der Waals surface area (Å²) in [4.78, 5) is 0. The van der Waals surface area contributed by atoms with Crippen molar-refractivity contribution >= 4 is 108 Å². The quantitative estimate of drug-likeness (QED) is 0.102. The number of hydrogen-bond donors (Lipinski definition) is 6. The van der Waals surface area contributed by atoms with Gasteiger partial charge in [-0.2, -0.15) is 40.0 Å². The molecule has 0 saturated carbocycles. The zero-order chi connectivity index (χ0) is 48.6. The zero-order valence-corrected chi connectivity index (χ0v) is 52.3. The third-order valence-electron chi connectivity index (χ3n) is 2.89. The van der Waals surface area contributed by atoms with E-state index in [2.05, 4.69) is 225 Å².